The van der Waals surface area contributed by atoms with Gasteiger partial charge in [-0.2, -0.15) is 0 Å². The average molecular weight is 495 g/mol. The van der Waals surface area contributed by atoms with Gasteiger partial charge in [0.2, 0.25) is 5.16 Å². The fraction of sp³-hybridized carbons (Fsp3) is 0.261. The third kappa shape index (κ3) is 5.22. The number of esters is 1. The summed E-state index contributed by atoms with van der Waals surface area (Å²) in [4.78, 5) is 39.7. The van der Waals surface area contributed by atoms with Crippen molar-refractivity contribution in [3.63, 3.8) is 0 Å². The Labute approximate surface area is 204 Å². The normalized spacial score (nSPS) is 11.9. The monoisotopic (exact) mass is 494 g/mol. The van der Waals surface area contributed by atoms with Gasteiger partial charge in [-0.05, 0) is 31.5 Å². The van der Waals surface area contributed by atoms with Crippen LogP contribution in [0.4, 0.5) is 11.4 Å². The summed E-state index contributed by atoms with van der Waals surface area (Å²) in [5.41, 5.74) is 2.67. The maximum Gasteiger partial charge on any atom is 0.317 e. The lowest BCUT2D eigenvalue weighted by molar-refractivity contribution is -0.384. The zero-order valence-electron chi connectivity index (χ0n) is 19.0. The molecule has 0 unspecified atom stereocenters. The molecule has 2 aromatic heterocycles. The maximum absolute atomic E-state index is 12.5. The Morgan fingerprint density at radius 1 is 1.14 bits per heavy atom. The summed E-state index contributed by atoms with van der Waals surface area (Å²) >= 11 is 1.08. The number of aromatic nitrogens is 4. The number of hydrogen-bond acceptors (Lipinski definition) is 9. The van der Waals surface area contributed by atoms with E-state index in [2.05, 4.69) is 20.5 Å². The number of nitrogens with one attached hydrogen (secondary N) is 1. The molecule has 35 heavy (non-hydrogen) atoms. The van der Waals surface area contributed by atoms with Crippen molar-refractivity contribution < 1.29 is 19.2 Å². The summed E-state index contributed by atoms with van der Waals surface area (Å²) in [6.45, 7) is 4.44. The van der Waals surface area contributed by atoms with Gasteiger partial charge in [-0.15, -0.1) is 10.2 Å². The average Bonchev–Trinajstić information content (AvgIpc) is 3.19. The molecule has 0 spiro atoms. The predicted octanol–water partition coefficient (Wildman–Crippen LogP) is 3.96. The number of anilines is 1. The fourth-order valence-electron chi connectivity index (χ4n) is 3.60. The first-order valence-corrected chi connectivity index (χ1v) is 11.9. The Morgan fingerprint density at radius 3 is 2.57 bits per heavy atom. The van der Waals surface area contributed by atoms with Gasteiger partial charge in [-0.25, -0.2) is 4.98 Å². The summed E-state index contributed by atoms with van der Waals surface area (Å²) in [5, 5.41) is 23.1. The number of aryl methyl sites for hydroxylation is 1. The molecular weight excluding hydrogens is 472 g/mol. The molecule has 0 saturated carbocycles. The van der Waals surface area contributed by atoms with Crippen LogP contribution in [0.5, 0.6) is 0 Å². The van der Waals surface area contributed by atoms with E-state index in [1.165, 1.54) is 24.3 Å². The number of hydrogen-bond donors (Lipinski definition) is 1. The molecule has 180 valence electrons. The molecule has 0 radical (unpaired) electrons. The van der Waals surface area contributed by atoms with E-state index in [1.54, 1.807) is 6.92 Å². The van der Waals surface area contributed by atoms with Crippen LogP contribution in [-0.4, -0.2) is 48.4 Å². The van der Waals surface area contributed by atoms with Gasteiger partial charge in [0.05, 0.1) is 16.2 Å². The molecule has 0 fully saturated rings. The van der Waals surface area contributed by atoms with E-state index < -0.39 is 22.9 Å². The molecule has 4 aromatic rings. The second kappa shape index (κ2) is 10.5. The Balaban J connectivity index is 1.38. The minimum Gasteiger partial charge on any atom is -0.452 e. The molecule has 2 heterocycles. The second-order valence-electron chi connectivity index (χ2n) is 7.50. The van der Waals surface area contributed by atoms with Gasteiger partial charge in [0.1, 0.15) is 5.52 Å². The van der Waals surface area contributed by atoms with E-state index in [9.17, 15) is 19.7 Å². The van der Waals surface area contributed by atoms with Crippen molar-refractivity contribution in [3.8, 4) is 0 Å². The zero-order chi connectivity index (χ0) is 24.9. The van der Waals surface area contributed by atoms with Gasteiger partial charge < -0.3 is 14.6 Å². The molecule has 0 bridgehead atoms. The van der Waals surface area contributed by atoms with Gasteiger partial charge in [0, 0.05) is 29.8 Å². The van der Waals surface area contributed by atoms with Gasteiger partial charge in [0.25, 0.3) is 11.6 Å². The van der Waals surface area contributed by atoms with Crippen LogP contribution in [0.15, 0.2) is 53.7 Å². The number of nitrogens with zero attached hydrogens (tertiary/aromatic N) is 5. The van der Waals surface area contributed by atoms with Crippen molar-refractivity contribution in [1.29, 1.82) is 0 Å². The van der Waals surface area contributed by atoms with Gasteiger partial charge in [0.15, 0.2) is 11.8 Å². The summed E-state index contributed by atoms with van der Waals surface area (Å²) in [6, 6.07) is 13.2. The third-order valence-electron chi connectivity index (χ3n) is 5.27. The van der Waals surface area contributed by atoms with Gasteiger partial charge in [-0.1, -0.05) is 36.9 Å². The molecule has 12 heteroatoms. The summed E-state index contributed by atoms with van der Waals surface area (Å²) in [7, 11) is 0. The van der Waals surface area contributed by atoms with Crippen LogP contribution in [0.3, 0.4) is 0 Å². The van der Waals surface area contributed by atoms with Crippen molar-refractivity contribution in [3.05, 3.63) is 58.6 Å². The number of nitro groups is 1. The first-order chi connectivity index (χ1) is 16.9. The quantitative estimate of drug-likeness (QED) is 0.158. The zero-order valence-corrected chi connectivity index (χ0v) is 19.8. The lowest BCUT2D eigenvalue weighted by Gasteiger charge is -2.15. The second-order valence-corrected chi connectivity index (χ2v) is 8.44. The molecule has 0 aliphatic heterocycles. The van der Waals surface area contributed by atoms with E-state index in [0.29, 0.717) is 28.6 Å². The summed E-state index contributed by atoms with van der Waals surface area (Å²) in [6.07, 6.45) is -0.752. The summed E-state index contributed by atoms with van der Waals surface area (Å²) in [5.74, 6) is -1.21. The van der Waals surface area contributed by atoms with Crippen molar-refractivity contribution >= 4 is 57.1 Å². The number of carbonyl (C=O) groups excluding carboxylic acids is 2. The van der Waals surface area contributed by atoms with Crippen LogP contribution >= 0.6 is 11.8 Å². The standard InChI is InChI=1S/C23H22N6O5S/c1-3-18(22(31)24-14-9-11-15(12-10-14)29(32)33)34-19(30)13-35-23-25-21-20(26-27-23)16-7-5-6-8-17(16)28(21)4-2/h5-12,18H,3-4,13H2,1-2H3,(H,24,31)/t18-/m0/s1. The molecule has 1 amide bonds. The van der Waals surface area contributed by atoms with E-state index in [4.69, 9.17) is 4.74 Å². The Hall–Kier alpha value is -4.06. The number of rotatable bonds is 9. The van der Waals surface area contributed by atoms with Crippen LogP contribution in [0.25, 0.3) is 22.1 Å². The number of carbonyl (C=O) groups is 2. The first kappa shape index (κ1) is 24.1. The number of nitro benzene ring substituents is 1. The molecule has 1 N–H and O–H groups in total. The van der Waals surface area contributed by atoms with Crippen LogP contribution in [0.2, 0.25) is 0 Å². The highest BCUT2D eigenvalue weighted by molar-refractivity contribution is 7.99. The highest BCUT2D eigenvalue weighted by atomic mass is 32.2. The van der Waals surface area contributed by atoms with Crippen LogP contribution in [0.1, 0.15) is 20.3 Å². The highest BCUT2D eigenvalue weighted by Crippen LogP contribution is 2.27. The van der Waals surface area contributed by atoms with Gasteiger partial charge in [-0.3, -0.25) is 19.7 Å². The molecule has 0 aliphatic carbocycles. The fourth-order valence-corrected chi connectivity index (χ4v) is 4.16. The Kier molecular flexibility index (Phi) is 7.20. The number of fused-ring (bicyclic) bond motifs is 3. The number of amides is 1. The number of thioether (sulfide) groups is 1. The van der Waals surface area contributed by atoms with E-state index >= 15 is 0 Å². The molecule has 11 nitrogen and oxygen atoms in total. The number of ether oxygens (including phenoxy) is 1. The van der Waals surface area contributed by atoms with Crippen LogP contribution < -0.4 is 5.32 Å². The lowest BCUT2D eigenvalue weighted by Crippen LogP contribution is -2.32. The van der Waals surface area contributed by atoms with Crippen molar-refractivity contribution in [2.75, 3.05) is 11.1 Å². The lowest BCUT2D eigenvalue weighted by atomic mass is 10.2. The van der Waals surface area contributed by atoms with Crippen molar-refractivity contribution in [1.82, 2.24) is 19.7 Å². The Morgan fingerprint density at radius 2 is 1.89 bits per heavy atom. The van der Waals surface area contributed by atoms with E-state index in [1.807, 2.05) is 35.8 Å². The number of non-ortho nitro benzene ring substituents is 1. The topological polar surface area (TPSA) is 142 Å². The molecule has 2 aromatic carbocycles. The SMILES string of the molecule is CC[C@H](OC(=O)CSc1nnc2c3ccccc3n(CC)c2n1)C(=O)Nc1ccc([N+](=O)[O-])cc1. The minimum absolute atomic E-state index is 0.0901. The number of para-hydroxylation sites is 1. The van der Waals surface area contributed by atoms with Crippen molar-refractivity contribution in [2.45, 2.75) is 38.1 Å². The van der Waals surface area contributed by atoms with Crippen LogP contribution in [0, 0.1) is 10.1 Å². The van der Waals surface area contributed by atoms with Gasteiger partial charge >= 0.3 is 5.97 Å². The molecule has 0 aliphatic rings. The first-order valence-electron chi connectivity index (χ1n) is 10.9. The molecular formula is C23H22N6O5S. The molecule has 1 atom stereocenters. The maximum atomic E-state index is 12.5. The third-order valence-corrected chi connectivity index (χ3v) is 6.08. The Bertz CT molecular complexity index is 1410. The smallest absolute Gasteiger partial charge is 0.317 e. The van der Waals surface area contributed by atoms with E-state index in [0.717, 1.165) is 22.7 Å². The largest absolute Gasteiger partial charge is 0.452 e. The summed E-state index contributed by atoms with van der Waals surface area (Å²) < 4.78 is 7.38. The predicted molar refractivity (Wildman–Crippen MR) is 131 cm³/mol. The highest BCUT2D eigenvalue weighted by Gasteiger charge is 2.22. The molecule has 4 rings (SSSR count). The molecule has 0 saturated heterocycles. The van der Waals surface area contributed by atoms with E-state index in [-0.39, 0.29) is 17.9 Å². The minimum atomic E-state index is -1.01. The van der Waals surface area contributed by atoms with Crippen LogP contribution in [-0.2, 0) is 20.9 Å². The number of benzene rings is 2. The van der Waals surface area contributed by atoms with Crippen molar-refractivity contribution in [2.24, 2.45) is 0 Å².